The first-order valence-corrected chi connectivity index (χ1v) is 18.8. The number of hydrogen-bond acceptors (Lipinski definition) is 10. The fourth-order valence-electron chi connectivity index (χ4n) is 6.12. The molecule has 268 valence electrons. The van der Waals surface area contributed by atoms with Crippen LogP contribution in [0.5, 0.6) is 0 Å². The minimum absolute atomic E-state index is 0.134. The van der Waals surface area contributed by atoms with Gasteiger partial charge in [0.2, 0.25) is 6.41 Å². The quantitative estimate of drug-likeness (QED) is 0.178. The fraction of sp³-hybridized carbons (Fsp3) is 0.500. The SMILES string of the molecule is COC(=O)CC1CCN(c2ccc(C(=O)[N]([Sb])C(C(=O)N3CCC(O)C3)C(C)(C)C)nc2)CC1.Cc1ncsc1-c1ccc(CNC=O)cc1. The number of anilines is 1. The summed E-state index contributed by atoms with van der Waals surface area (Å²) >= 11 is 2.83. The molecule has 12 nitrogen and oxygen atoms in total. The number of β-amino-alcohol motifs (C(OH)–C–C–N with tert-alkyl or cyclic N) is 1. The topological polar surface area (TPSA) is 145 Å². The Kier molecular flexibility index (Phi) is 14.2. The Morgan fingerprint density at radius 3 is 2.32 bits per heavy atom. The summed E-state index contributed by atoms with van der Waals surface area (Å²) in [6.45, 7) is 10.9. The zero-order chi connectivity index (χ0) is 36.4. The first kappa shape index (κ1) is 39.2. The van der Waals surface area contributed by atoms with E-state index in [0.29, 0.717) is 50.5 Å². The zero-order valence-corrected chi connectivity index (χ0v) is 32.7. The summed E-state index contributed by atoms with van der Waals surface area (Å²) in [5, 5.41) is 12.5. The molecule has 3 amide bonds. The zero-order valence-electron chi connectivity index (χ0n) is 29.4. The van der Waals surface area contributed by atoms with E-state index >= 15 is 0 Å². The number of ether oxygens (including phenoxy) is 1. The largest absolute Gasteiger partial charge is 0.355 e. The molecule has 2 unspecified atom stereocenters. The predicted octanol–water partition coefficient (Wildman–Crippen LogP) is 3.76. The van der Waals surface area contributed by atoms with Gasteiger partial charge in [-0.3, -0.25) is 9.59 Å². The number of aromatic nitrogens is 2. The van der Waals surface area contributed by atoms with Gasteiger partial charge < -0.3 is 10.1 Å². The van der Waals surface area contributed by atoms with E-state index in [1.165, 1.54) is 43.9 Å². The summed E-state index contributed by atoms with van der Waals surface area (Å²) in [5.41, 5.74) is 5.95. The number of carbonyl (C=O) groups excluding carboxylic acids is 4. The van der Waals surface area contributed by atoms with Crippen molar-refractivity contribution in [3.8, 4) is 10.4 Å². The third kappa shape index (κ3) is 10.5. The molecule has 2 radical (unpaired) electrons. The maximum absolute atomic E-state index is 13.3. The number of hydrogen-bond donors (Lipinski definition) is 2. The molecule has 0 spiro atoms. The van der Waals surface area contributed by atoms with E-state index in [-0.39, 0.29) is 17.8 Å². The van der Waals surface area contributed by atoms with E-state index in [1.54, 1.807) is 28.5 Å². The van der Waals surface area contributed by atoms with Crippen LogP contribution in [-0.4, -0.2) is 116 Å². The summed E-state index contributed by atoms with van der Waals surface area (Å²) in [6, 6.07) is 11.1. The third-order valence-electron chi connectivity index (χ3n) is 8.96. The summed E-state index contributed by atoms with van der Waals surface area (Å²) < 4.78 is 6.30. The first-order chi connectivity index (χ1) is 23.8. The number of piperidine rings is 1. The molecule has 0 bridgehead atoms. The van der Waals surface area contributed by atoms with Crippen LogP contribution in [0.15, 0.2) is 48.1 Å². The Hall–Kier alpha value is -3.54. The van der Waals surface area contributed by atoms with Crippen LogP contribution in [0.3, 0.4) is 0 Å². The van der Waals surface area contributed by atoms with Gasteiger partial charge in [0.1, 0.15) is 0 Å². The molecule has 2 fully saturated rings. The Morgan fingerprint density at radius 2 is 1.80 bits per heavy atom. The Bertz CT molecular complexity index is 1590. The molecular formula is C36H47N6O6SSb. The van der Waals surface area contributed by atoms with E-state index in [1.807, 2.05) is 51.4 Å². The number of methoxy groups -OCH3 is 1. The maximum Gasteiger partial charge on any atom is 0.207 e. The van der Waals surface area contributed by atoms with E-state index in [2.05, 4.69) is 32.3 Å². The summed E-state index contributed by atoms with van der Waals surface area (Å²) in [4.78, 5) is 61.9. The van der Waals surface area contributed by atoms with Crippen molar-refractivity contribution in [1.82, 2.24) is 23.2 Å². The minimum Gasteiger partial charge on any atom is -0.355 e. The van der Waals surface area contributed by atoms with Gasteiger partial charge in [-0.1, -0.05) is 24.3 Å². The van der Waals surface area contributed by atoms with Gasteiger partial charge in [-0.15, -0.1) is 11.3 Å². The molecule has 50 heavy (non-hydrogen) atoms. The van der Waals surface area contributed by atoms with Crippen LogP contribution in [0.4, 0.5) is 5.69 Å². The van der Waals surface area contributed by atoms with Crippen molar-refractivity contribution in [3.63, 3.8) is 0 Å². The number of amides is 3. The molecule has 3 aromatic rings. The molecular weight excluding hydrogens is 766 g/mol. The molecule has 4 heterocycles. The number of esters is 1. The van der Waals surface area contributed by atoms with Gasteiger partial charge >= 0.3 is 199 Å². The van der Waals surface area contributed by atoms with Gasteiger partial charge in [-0.25, -0.2) is 4.98 Å². The maximum atomic E-state index is 13.3. The van der Waals surface area contributed by atoms with E-state index in [9.17, 15) is 24.3 Å². The molecule has 2 aliphatic rings. The van der Waals surface area contributed by atoms with Gasteiger partial charge in [0.05, 0.1) is 23.2 Å². The van der Waals surface area contributed by atoms with Crippen molar-refractivity contribution in [1.29, 1.82) is 0 Å². The molecule has 2 N–H and O–H groups in total. The van der Waals surface area contributed by atoms with Crippen LogP contribution < -0.4 is 10.2 Å². The monoisotopic (exact) mass is 812 g/mol. The number of pyridine rings is 1. The van der Waals surface area contributed by atoms with Gasteiger partial charge in [-0.2, -0.15) is 0 Å². The standard InChI is InChI=1S/C24H36N4O5.C12H12N2OS.Sb/c1-24(2,3)21(23(32)28-12-9-18(29)15-28)26-22(31)19-6-5-17(14-25-19)27-10-7-16(8-11-27)13-20(30)33-4;1-9-12(16-8-14-9)11-4-2-10(3-5-11)6-13-7-15;/h5-6,14,16,18,21,29H,7-13,15H2,1-4H3,(H,26,31);2-5,7-8H,6H2,1H3,(H,13,15);/q;;+1/p-1. The second-order valence-electron chi connectivity index (χ2n) is 13.7. The van der Waals surface area contributed by atoms with Crippen LogP contribution in [-0.2, 0) is 25.7 Å². The molecule has 2 aromatic heterocycles. The van der Waals surface area contributed by atoms with E-state index < -0.39 is 17.6 Å². The van der Waals surface area contributed by atoms with Gasteiger partial charge in [-0.05, 0) is 18.1 Å². The molecule has 2 aliphatic heterocycles. The van der Waals surface area contributed by atoms with Gasteiger partial charge in [0.15, 0.2) is 0 Å². The van der Waals surface area contributed by atoms with E-state index in [0.717, 1.165) is 42.9 Å². The minimum atomic E-state index is -0.644. The normalized spacial score (nSPS) is 17.0. The number of aliphatic hydroxyl groups excluding tert-OH is 1. The molecule has 1 aromatic carbocycles. The summed E-state index contributed by atoms with van der Waals surface area (Å²) in [6.07, 6.45) is 4.73. The van der Waals surface area contributed by atoms with Crippen LogP contribution in [0.1, 0.15) is 68.2 Å². The van der Waals surface area contributed by atoms with Crippen LogP contribution in [0, 0.1) is 18.3 Å². The molecule has 14 heteroatoms. The Balaban J connectivity index is 0.000000291. The van der Waals surface area contributed by atoms with Gasteiger partial charge in [0, 0.05) is 6.54 Å². The number of aliphatic hydroxyl groups is 1. The van der Waals surface area contributed by atoms with Gasteiger partial charge in [0.25, 0.3) is 0 Å². The second kappa shape index (κ2) is 18.1. The average molecular weight is 814 g/mol. The number of benzene rings is 1. The number of thiazole rings is 1. The van der Waals surface area contributed by atoms with Crippen molar-refractivity contribution in [2.24, 2.45) is 11.3 Å². The van der Waals surface area contributed by atoms with Crippen molar-refractivity contribution in [2.45, 2.75) is 72.1 Å². The Morgan fingerprint density at radius 1 is 1.10 bits per heavy atom. The van der Waals surface area contributed by atoms with E-state index in [4.69, 9.17) is 4.74 Å². The summed E-state index contributed by atoms with van der Waals surface area (Å²) in [5.74, 6) is -0.256. The molecule has 0 aliphatic carbocycles. The van der Waals surface area contributed by atoms with Crippen molar-refractivity contribution >= 4 is 64.5 Å². The first-order valence-electron chi connectivity index (χ1n) is 16.8. The second-order valence-corrected chi connectivity index (χ2v) is 15.8. The average Bonchev–Trinajstić information content (AvgIpc) is 3.75. The molecule has 2 atom stereocenters. The molecule has 5 rings (SSSR count). The van der Waals surface area contributed by atoms with Crippen molar-refractivity contribution < 1.29 is 29.0 Å². The van der Waals surface area contributed by atoms with Crippen LogP contribution in [0.25, 0.3) is 10.4 Å². The smallest absolute Gasteiger partial charge is 0.207 e. The number of aryl methyl sites for hydroxylation is 1. The Labute approximate surface area is 312 Å². The molecule has 0 saturated carbocycles. The fourth-order valence-corrected chi connectivity index (χ4v) is 8.49. The third-order valence-corrected chi connectivity index (χ3v) is 11.1. The van der Waals surface area contributed by atoms with Crippen LogP contribution >= 0.6 is 11.3 Å². The number of nitrogens with one attached hydrogen (secondary N) is 1. The number of nitrogens with zero attached hydrogens (tertiary/aromatic N) is 5. The van der Waals surface area contributed by atoms with Crippen LogP contribution in [0.2, 0.25) is 0 Å². The number of rotatable bonds is 10. The number of carbonyl (C=O) groups is 4. The molecule has 2 saturated heterocycles. The summed E-state index contributed by atoms with van der Waals surface area (Å²) in [7, 11) is 1.42. The van der Waals surface area contributed by atoms with Crippen molar-refractivity contribution in [3.05, 3.63) is 65.1 Å². The number of likely N-dealkylation sites (tertiary alicyclic amines) is 1. The predicted molar refractivity (Wildman–Crippen MR) is 193 cm³/mol. The van der Waals surface area contributed by atoms with Crippen molar-refractivity contribution in [2.75, 3.05) is 38.2 Å².